The van der Waals surface area contributed by atoms with Gasteiger partial charge in [0.2, 0.25) is 10.0 Å². The van der Waals surface area contributed by atoms with Crippen LogP contribution in [0.25, 0.3) is 11.1 Å². The third kappa shape index (κ3) is 5.83. The number of ether oxygens (including phenoxy) is 1. The molecule has 0 N–H and O–H groups in total. The van der Waals surface area contributed by atoms with Crippen LogP contribution in [0.15, 0.2) is 59.8 Å². The van der Waals surface area contributed by atoms with Crippen molar-refractivity contribution in [2.75, 3.05) is 13.7 Å². The summed E-state index contributed by atoms with van der Waals surface area (Å²) in [4.78, 5) is 20.4. The van der Waals surface area contributed by atoms with Crippen molar-refractivity contribution in [3.05, 3.63) is 72.1 Å². The molecule has 38 heavy (non-hydrogen) atoms. The minimum atomic E-state index is -4.59. The van der Waals surface area contributed by atoms with E-state index in [1.165, 1.54) is 25.4 Å². The van der Waals surface area contributed by atoms with Gasteiger partial charge in [0.05, 0.1) is 24.2 Å². The summed E-state index contributed by atoms with van der Waals surface area (Å²) in [5.41, 5.74) is 0.0635. The summed E-state index contributed by atoms with van der Waals surface area (Å²) >= 11 is 0. The Hall–Kier alpha value is -3.45. The molecule has 0 spiro atoms. The lowest BCUT2D eigenvalue weighted by molar-refractivity contribution is -0.141. The lowest BCUT2D eigenvalue weighted by Gasteiger charge is -2.22. The van der Waals surface area contributed by atoms with Crippen molar-refractivity contribution >= 4 is 15.8 Å². The number of methoxy groups -OCH3 is 1. The molecule has 3 aromatic rings. The molecule has 0 radical (unpaired) electrons. The normalized spacial score (nSPS) is 18.5. The maximum absolute atomic E-state index is 14.3. The molecule has 0 aliphatic carbocycles. The summed E-state index contributed by atoms with van der Waals surface area (Å²) in [5, 5.41) is 0. The molecule has 1 saturated heterocycles. The van der Waals surface area contributed by atoms with Crippen LogP contribution in [0.5, 0.6) is 5.75 Å². The number of Topliss-reactive ketones (excluding diaryl/α,β-unsaturated/α-hetero) is 1. The first kappa shape index (κ1) is 27.6. The summed E-state index contributed by atoms with van der Waals surface area (Å²) in [6.07, 6.45) is -4.16. The summed E-state index contributed by atoms with van der Waals surface area (Å²) in [6.45, 7) is -0.498. The van der Waals surface area contributed by atoms with Gasteiger partial charge in [0.15, 0.2) is 5.78 Å². The molecule has 1 aliphatic heterocycles. The second kappa shape index (κ2) is 10.7. The van der Waals surface area contributed by atoms with Crippen molar-refractivity contribution in [2.45, 2.75) is 42.5 Å². The molecular weight excluding hydrogens is 533 g/mol. The van der Waals surface area contributed by atoms with E-state index in [1.54, 1.807) is 0 Å². The predicted octanol–water partition coefficient (Wildman–Crippen LogP) is 4.61. The number of hydrogen-bond acceptors (Lipinski definition) is 6. The highest BCUT2D eigenvalue weighted by atomic mass is 32.2. The van der Waals surface area contributed by atoms with E-state index in [4.69, 9.17) is 4.74 Å². The Kier molecular flexibility index (Phi) is 7.79. The number of halogens is 5. The Labute approximate surface area is 215 Å². The van der Waals surface area contributed by atoms with Gasteiger partial charge in [-0.05, 0) is 42.8 Å². The smallest absolute Gasteiger partial charge is 0.433 e. The van der Waals surface area contributed by atoms with Crippen molar-refractivity contribution in [3.63, 3.8) is 0 Å². The van der Waals surface area contributed by atoms with Gasteiger partial charge >= 0.3 is 6.18 Å². The first-order valence-corrected chi connectivity index (χ1v) is 12.8. The van der Waals surface area contributed by atoms with Crippen LogP contribution < -0.4 is 4.74 Å². The van der Waals surface area contributed by atoms with E-state index in [0.29, 0.717) is 16.8 Å². The Balaban J connectivity index is 1.52. The molecule has 2 atom stereocenters. The molecule has 1 aliphatic rings. The van der Waals surface area contributed by atoms with Gasteiger partial charge < -0.3 is 4.74 Å². The third-order valence-corrected chi connectivity index (χ3v) is 8.02. The highest BCUT2D eigenvalue weighted by molar-refractivity contribution is 7.89. The van der Waals surface area contributed by atoms with Gasteiger partial charge in [0.1, 0.15) is 23.4 Å². The van der Waals surface area contributed by atoms with E-state index in [9.17, 15) is 35.2 Å². The maximum atomic E-state index is 14.3. The first-order valence-electron chi connectivity index (χ1n) is 11.4. The molecule has 7 nitrogen and oxygen atoms in total. The molecular formula is C25H22F5N3O4S. The van der Waals surface area contributed by atoms with Crippen LogP contribution in [0, 0.1) is 5.82 Å². The Morgan fingerprint density at radius 1 is 1.11 bits per heavy atom. The van der Waals surface area contributed by atoms with E-state index in [1.807, 2.05) is 0 Å². The van der Waals surface area contributed by atoms with Gasteiger partial charge in [-0.2, -0.15) is 17.5 Å². The van der Waals surface area contributed by atoms with Gasteiger partial charge in [0.25, 0.3) is 0 Å². The number of alkyl halides is 4. The third-order valence-electron chi connectivity index (χ3n) is 6.13. The molecule has 1 fully saturated rings. The van der Waals surface area contributed by atoms with Crippen LogP contribution in [0.1, 0.15) is 24.2 Å². The van der Waals surface area contributed by atoms with Gasteiger partial charge in [-0.25, -0.2) is 17.2 Å². The molecule has 1 aromatic carbocycles. The van der Waals surface area contributed by atoms with Crippen molar-refractivity contribution < 1.29 is 39.9 Å². The fraction of sp³-hybridized carbons (Fsp3) is 0.320. The average Bonchev–Trinajstić information content (AvgIpc) is 3.29. The van der Waals surface area contributed by atoms with Gasteiger partial charge in [-0.15, -0.1) is 0 Å². The van der Waals surface area contributed by atoms with Crippen LogP contribution in [-0.4, -0.2) is 54.3 Å². The highest BCUT2D eigenvalue weighted by Gasteiger charge is 2.43. The molecule has 0 unspecified atom stereocenters. The first-order chi connectivity index (χ1) is 17.9. The highest BCUT2D eigenvalue weighted by Crippen LogP contribution is 2.33. The van der Waals surface area contributed by atoms with Crippen LogP contribution in [0.2, 0.25) is 0 Å². The second-order valence-electron chi connectivity index (χ2n) is 8.65. The van der Waals surface area contributed by atoms with E-state index in [2.05, 4.69) is 9.97 Å². The molecule has 4 rings (SSSR count). The zero-order chi connectivity index (χ0) is 27.7. The Morgan fingerprint density at radius 2 is 1.82 bits per heavy atom. The molecule has 13 heteroatoms. The van der Waals surface area contributed by atoms with Gasteiger partial charge in [-0.3, -0.25) is 14.8 Å². The predicted molar refractivity (Wildman–Crippen MR) is 126 cm³/mol. The number of aromatic nitrogens is 2. The van der Waals surface area contributed by atoms with Crippen LogP contribution >= 0.6 is 0 Å². The van der Waals surface area contributed by atoms with Gasteiger partial charge in [0, 0.05) is 42.4 Å². The monoisotopic (exact) mass is 555 g/mol. The molecule has 0 bridgehead atoms. The van der Waals surface area contributed by atoms with Crippen molar-refractivity contribution in [1.82, 2.24) is 14.3 Å². The van der Waals surface area contributed by atoms with E-state index >= 15 is 0 Å². The quantitative estimate of drug-likeness (QED) is 0.377. The number of carbonyl (C=O) groups excluding carboxylic acids is 1. The lowest BCUT2D eigenvalue weighted by atomic mass is 10.0. The lowest BCUT2D eigenvalue weighted by Crippen LogP contribution is -2.40. The number of hydrogen-bond donors (Lipinski definition) is 0. The largest absolute Gasteiger partial charge is 0.494 e. The van der Waals surface area contributed by atoms with Crippen molar-refractivity contribution in [2.24, 2.45) is 0 Å². The number of sulfonamides is 1. The van der Waals surface area contributed by atoms with Gasteiger partial charge in [-0.1, -0.05) is 6.07 Å². The molecule has 202 valence electrons. The number of rotatable bonds is 8. The van der Waals surface area contributed by atoms with Crippen LogP contribution in [0.3, 0.4) is 0 Å². The zero-order valence-corrected chi connectivity index (χ0v) is 20.8. The van der Waals surface area contributed by atoms with E-state index in [-0.39, 0.29) is 29.9 Å². The number of carbonyl (C=O) groups is 1. The number of benzene rings is 1. The number of pyridine rings is 2. The molecule has 0 saturated carbocycles. The standard InChI is InChI=1S/C25H22F5N3O4S/c1-37-23-13-31-18(11-20(23)15-2-9-24(32-12-15)25(28,29)30)5-8-22(34)21-10-17(27)14-33(21)38(35,36)19-6-3-16(26)4-7-19/h2-4,6-7,9,11-13,17,21H,5,8,10,14H2,1H3/t17-,21+/m1/s1. The Morgan fingerprint density at radius 3 is 2.42 bits per heavy atom. The van der Waals surface area contributed by atoms with Crippen molar-refractivity contribution in [1.29, 1.82) is 0 Å². The van der Waals surface area contributed by atoms with E-state index < -0.39 is 52.3 Å². The minimum absolute atomic E-state index is 0.0573. The summed E-state index contributed by atoms with van der Waals surface area (Å²) in [6, 6.07) is 6.40. The fourth-order valence-electron chi connectivity index (χ4n) is 4.21. The minimum Gasteiger partial charge on any atom is -0.494 e. The average molecular weight is 556 g/mol. The zero-order valence-electron chi connectivity index (χ0n) is 20.0. The summed E-state index contributed by atoms with van der Waals surface area (Å²) in [5.74, 6) is -0.889. The fourth-order valence-corrected chi connectivity index (χ4v) is 5.85. The SMILES string of the molecule is COc1cnc(CCC(=O)[C@@H]2C[C@@H](F)CN2S(=O)(=O)c2ccc(F)cc2)cc1-c1ccc(C(F)(F)F)nc1. The molecule has 0 amide bonds. The van der Waals surface area contributed by atoms with E-state index in [0.717, 1.165) is 40.8 Å². The molecule has 3 heterocycles. The number of ketones is 1. The number of nitrogens with zero attached hydrogens (tertiary/aromatic N) is 3. The topological polar surface area (TPSA) is 89.5 Å². The Bertz CT molecular complexity index is 1410. The summed E-state index contributed by atoms with van der Waals surface area (Å²) in [7, 11) is -2.88. The van der Waals surface area contributed by atoms with Crippen LogP contribution in [-0.2, 0) is 27.4 Å². The summed E-state index contributed by atoms with van der Waals surface area (Å²) < 4.78 is 98.2. The van der Waals surface area contributed by atoms with Crippen LogP contribution in [0.4, 0.5) is 22.0 Å². The maximum Gasteiger partial charge on any atom is 0.433 e. The van der Waals surface area contributed by atoms with Crippen molar-refractivity contribution in [3.8, 4) is 16.9 Å². The molecule has 2 aromatic heterocycles. The number of aryl methyl sites for hydroxylation is 1. The second-order valence-corrected chi connectivity index (χ2v) is 10.5.